The summed E-state index contributed by atoms with van der Waals surface area (Å²) in [4.78, 5) is 42.7. The third-order valence-electron chi connectivity index (χ3n) is 5.00. The van der Waals surface area contributed by atoms with Crippen LogP contribution in [0, 0.1) is 0 Å². The average Bonchev–Trinajstić information content (AvgIpc) is 2.94. The zero-order valence-corrected chi connectivity index (χ0v) is 18.4. The molecular formula is C20H28Cl2N4O3. The molecule has 0 unspecified atom stereocenters. The maximum atomic E-state index is 12.5. The van der Waals surface area contributed by atoms with E-state index in [1.165, 1.54) is 6.07 Å². The van der Waals surface area contributed by atoms with Gasteiger partial charge in [-0.05, 0) is 38.5 Å². The Morgan fingerprint density at radius 1 is 1.03 bits per heavy atom. The molecule has 1 aliphatic rings. The van der Waals surface area contributed by atoms with Crippen LogP contribution in [0.3, 0.4) is 0 Å². The predicted octanol–water partition coefficient (Wildman–Crippen LogP) is 2.13. The molecule has 1 aromatic rings. The number of nitrogens with zero attached hydrogens (tertiary/aromatic N) is 3. The highest BCUT2D eigenvalue weighted by atomic mass is 35.5. The summed E-state index contributed by atoms with van der Waals surface area (Å²) in [5.74, 6) is -0.405. The summed E-state index contributed by atoms with van der Waals surface area (Å²) in [5, 5.41) is 3.29. The van der Waals surface area contributed by atoms with Crippen molar-refractivity contribution >= 4 is 40.9 Å². The zero-order chi connectivity index (χ0) is 21.4. The van der Waals surface area contributed by atoms with Crippen LogP contribution >= 0.6 is 23.2 Å². The van der Waals surface area contributed by atoms with Gasteiger partial charge in [-0.2, -0.15) is 0 Å². The highest BCUT2D eigenvalue weighted by molar-refractivity contribution is 6.42. The van der Waals surface area contributed by atoms with Gasteiger partial charge in [-0.3, -0.25) is 19.3 Å². The van der Waals surface area contributed by atoms with E-state index >= 15 is 0 Å². The summed E-state index contributed by atoms with van der Waals surface area (Å²) in [6.07, 6.45) is 0.790. The van der Waals surface area contributed by atoms with E-state index in [9.17, 15) is 14.4 Å². The van der Waals surface area contributed by atoms with Crippen molar-refractivity contribution in [2.24, 2.45) is 0 Å². The van der Waals surface area contributed by atoms with Gasteiger partial charge in [-0.15, -0.1) is 0 Å². The molecule has 0 spiro atoms. The maximum Gasteiger partial charge on any atom is 0.251 e. The van der Waals surface area contributed by atoms with E-state index in [1.807, 2.05) is 18.7 Å². The smallest absolute Gasteiger partial charge is 0.251 e. The molecule has 2 rings (SSSR count). The molecule has 1 aromatic carbocycles. The lowest BCUT2D eigenvalue weighted by atomic mass is 10.2. The topological polar surface area (TPSA) is 73.0 Å². The summed E-state index contributed by atoms with van der Waals surface area (Å²) in [5.41, 5.74) is 0.351. The lowest BCUT2D eigenvalue weighted by Gasteiger charge is -2.25. The van der Waals surface area contributed by atoms with Gasteiger partial charge in [0, 0.05) is 44.8 Å². The van der Waals surface area contributed by atoms with E-state index in [0.29, 0.717) is 49.9 Å². The van der Waals surface area contributed by atoms with Crippen LogP contribution in [0.1, 0.15) is 30.6 Å². The highest BCUT2D eigenvalue weighted by Crippen LogP contribution is 2.22. The Balaban J connectivity index is 1.82. The molecule has 160 valence electrons. The van der Waals surface area contributed by atoms with E-state index in [0.717, 1.165) is 13.0 Å². The van der Waals surface area contributed by atoms with Gasteiger partial charge in [0.1, 0.15) is 0 Å². The van der Waals surface area contributed by atoms with Crippen LogP contribution in [0.25, 0.3) is 0 Å². The number of halogens is 2. The van der Waals surface area contributed by atoms with Gasteiger partial charge in [0.2, 0.25) is 11.8 Å². The quantitative estimate of drug-likeness (QED) is 0.701. The van der Waals surface area contributed by atoms with Crippen molar-refractivity contribution in [3.8, 4) is 0 Å². The molecule has 1 N–H and O–H groups in total. The average molecular weight is 443 g/mol. The molecule has 0 atom stereocenters. The molecule has 0 aromatic heterocycles. The third-order valence-corrected chi connectivity index (χ3v) is 5.74. The number of amides is 3. The van der Waals surface area contributed by atoms with Crippen molar-refractivity contribution in [1.82, 2.24) is 20.0 Å². The molecule has 0 aliphatic carbocycles. The number of hydrogen-bond donors (Lipinski definition) is 1. The van der Waals surface area contributed by atoms with Crippen LogP contribution in [-0.4, -0.2) is 84.8 Å². The largest absolute Gasteiger partial charge is 0.343 e. The molecule has 7 nitrogen and oxygen atoms in total. The third kappa shape index (κ3) is 6.87. The number of carbonyl (C=O) groups is 3. The van der Waals surface area contributed by atoms with Crippen molar-refractivity contribution in [3.63, 3.8) is 0 Å². The van der Waals surface area contributed by atoms with Gasteiger partial charge < -0.3 is 15.1 Å². The van der Waals surface area contributed by atoms with Crippen LogP contribution in [0.4, 0.5) is 0 Å². The van der Waals surface area contributed by atoms with E-state index in [-0.39, 0.29) is 29.3 Å². The zero-order valence-electron chi connectivity index (χ0n) is 16.9. The second-order valence-corrected chi connectivity index (χ2v) is 7.70. The Morgan fingerprint density at radius 3 is 2.41 bits per heavy atom. The monoisotopic (exact) mass is 442 g/mol. The first-order valence-corrected chi connectivity index (χ1v) is 10.6. The van der Waals surface area contributed by atoms with Crippen LogP contribution in [0.15, 0.2) is 18.2 Å². The van der Waals surface area contributed by atoms with Gasteiger partial charge in [0.15, 0.2) is 0 Å². The molecule has 0 radical (unpaired) electrons. The second kappa shape index (κ2) is 11.4. The second-order valence-electron chi connectivity index (χ2n) is 6.89. The number of rotatable bonds is 7. The summed E-state index contributed by atoms with van der Waals surface area (Å²) in [6.45, 7) is 8.18. The van der Waals surface area contributed by atoms with Crippen molar-refractivity contribution in [2.45, 2.75) is 20.3 Å². The molecule has 29 heavy (non-hydrogen) atoms. The lowest BCUT2D eigenvalue weighted by Crippen LogP contribution is -2.43. The molecule has 3 amide bonds. The standard InChI is InChI=1S/C20H28Cl2N4O3/c1-3-25(4-2)19(28)14-24-8-5-9-26(11-10-24)18(27)13-23-20(29)15-6-7-16(21)17(22)12-15/h6-7,12H,3-5,8-11,13-14H2,1-2H3,(H,23,29). The van der Waals surface area contributed by atoms with Gasteiger partial charge in [-0.25, -0.2) is 0 Å². The fourth-order valence-corrected chi connectivity index (χ4v) is 3.55. The molecule has 9 heteroatoms. The van der Waals surface area contributed by atoms with Crippen LogP contribution < -0.4 is 5.32 Å². The molecule has 1 heterocycles. The Hall–Kier alpha value is -1.83. The Labute approximate surface area is 181 Å². The number of likely N-dealkylation sites (N-methyl/N-ethyl adjacent to an activating group) is 1. The summed E-state index contributed by atoms with van der Waals surface area (Å²) in [6, 6.07) is 4.58. The van der Waals surface area contributed by atoms with E-state index < -0.39 is 0 Å². The summed E-state index contributed by atoms with van der Waals surface area (Å²) < 4.78 is 0. The molecule has 1 fully saturated rings. The van der Waals surface area contributed by atoms with Crippen molar-refractivity contribution < 1.29 is 14.4 Å². The fourth-order valence-electron chi connectivity index (χ4n) is 3.25. The normalized spacial score (nSPS) is 15.0. The molecule has 1 saturated heterocycles. The minimum atomic E-state index is -0.377. The SMILES string of the molecule is CCN(CC)C(=O)CN1CCCN(C(=O)CNC(=O)c2ccc(Cl)c(Cl)c2)CC1. The van der Waals surface area contributed by atoms with Crippen LogP contribution in [-0.2, 0) is 9.59 Å². The first kappa shape index (κ1) is 23.4. The summed E-state index contributed by atoms with van der Waals surface area (Å²) >= 11 is 11.8. The first-order chi connectivity index (χ1) is 13.8. The van der Waals surface area contributed by atoms with Crippen molar-refractivity contribution in [3.05, 3.63) is 33.8 Å². The number of nitrogens with one attached hydrogen (secondary N) is 1. The van der Waals surface area contributed by atoms with Gasteiger partial charge in [0.25, 0.3) is 5.91 Å². The Kier molecular flexibility index (Phi) is 9.20. The number of hydrogen-bond acceptors (Lipinski definition) is 4. The van der Waals surface area contributed by atoms with E-state index in [2.05, 4.69) is 10.2 Å². The van der Waals surface area contributed by atoms with Gasteiger partial charge >= 0.3 is 0 Å². The lowest BCUT2D eigenvalue weighted by molar-refractivity contribution is -0.132. The number of carbonyl (C=O) groups excluding carboxylic acids is 3. The minimum absolute atomic E-state index is 0.0859. The van der Waals surface area contributed by atoms with Crippen LogP contribution in [0.2, 0.25) is 10.0 Å². The van der Waals surface area contributed by atoms with Crippen molar-refractivity contribution in [2.75, 3.05) is 52.4 Å². The fraction of sp³-hybridized carbons (Fsp3) is 0.550. The minimum Gasteiger partial charge on any atom is -0.343 e. The van der Waals surface area contributed by atoms with Crippen LogP contribution in [0.5, 0.6) is 0 Å². The molecule has 0 bridgehead atoms. The van der Waals surface area contributed by atoms with Gasteiger partial charge in [0.05, 0.1) is 23.1 Å². The van der Waals surface area contributed by atoms with E-state index in [1.54, 1.807) is 17.0 Å². The first-order valence-electron chi connectivity index (χ1n) is 9.86. The maximum absolute atomic E-state index is 12.5. The predicted molar refractivity (Wildman–Crippen MR) is 114 cm³/mol. The molecular weight excluding hydrogens is 415 g/mol. The Morgan fingerprint density at radius 2 is 1.76 bits per heavy atom. The summed E-state index contributed by atoms with van der Waals surface area (Å²) in [7, 11) is 0. The number of benzene rings is 1. The van der Waals surface area contributed by atoms with E-state index in [4.69, 9.17) is 23.2 Å². The molecule has 0 saturated carbocycles. The highest BCUT2D eigenvalue weighted by Gasteiger charge is 2.22. The molecule has 1 aliphatic heterocycles. The Bertz CT molecular complexity index is 740. The van der Waals surface area contributed by atoms with Gasteiger partial charge in [-0.1, -0.05) is 23.2 Å². The van der Waals surface area contributed by atoms with Crippen molar-refractivity contribution in [1.29, 1.82) is 0 Å².